The second-order valence-corrected chi connectivity index (χ2v) is 6.54. The fraction of sp³-hybridized carbons (Fsp3) is 0.409. The Kier molecular flexibility index (Phi) is 10.7. The average Bonchev–Trinajstić information content (AvgIpc) is 3.22. The van der Waals surface area contributed by atoms with Crippen molar-refractivity contribution in [2.75, 3.05) is 33.7 Å². The van der Waals surface area contributed by atoms with Crippen LogP contribution in [0.15, 0.2) is 47.5 Å². The van der Waals surface area contributed by atoms with E-state index in [9.17, 15) is 0 Å². The van der Waals surface area contributed by atoms with Crippen molar-refractivity contribution >= 4 is 29.9 Å². The molecule has 0 atom stereocenters. The minimum atomic E-state index is 0. The predicted octanol–water partition coefficient (Wildman–Crippen LogP) is 3.45. The molecular formula is C22H30IN3O4. The van der Waals surface area contributed by atoms with Crippen LogP contribution in [0, 0.1) is 0 Å². The van der Waals surface area contributed by atoms with Gasteiger partial charge in [-0.25, -0.2) is 0 Å². The highest BCUT2D eigenvalue weighted by Crippen LogP contribution is 2.32. The molecule has 30 heavy (non-hydrogen) atoms. The van der Waals surface area contributed by atoms with Crippen LogP contribution in [-0.4, -0.2) is 39.6 Å². The third-order valence-electron chi connectivity index (χ3n) is 4.42. The first-order valence-electron chi connectivity index (χ1n) is 9.85. The summed E-state index contributed by atoms with van der Waals surface area (Å²) in [6.45, 7) is 6.11. The number of hydrogen-bond donors (Lipinski definition) is 2. The molecule has 0 radical (unpaired) electrons. The van der Waals surface area contributed by atoms with Gasteiger partial charge >= 0.3 is 0 Å². The van der Waals surface area contributed by atoms with E-state index in [4.69, 9.17) is 18.9 Å². The molecule has 3 rings (SSSR count). The van der Waals surface area contributed by atoms with Crippen molar-refractivity contribution in [2.45, 2.75) is 26.6 Å². The number of rotatable bonds is 10. The molecule has 1 aliphatic heterocycles. The smallest absolute Gasteiger partial charge is 0.231 e. The number of aliphatic imine (C=N–C) groups is 1. The van der Waals surface area contributed by atoms with Crippen LogP contribution < -0.4 is 20.1 Å². The van der Waals surface area contributed by atoms with E-state index in [0.717, 1.165) is 28.6 Å². The molecule has 2 aromatic carbocycles. The van der Waals surface area contributed by atoms with E-state index in [1.807, 2.05) is 31.2 Å². The summed E-state index contributed by atoms with van der Waals surface area (Å²) < 4.78 is 21.7. The van der Waals surface area contributed by atoms with E-state index in [1.165, 1.54) is 5.56 Å². The van der Waals surface area contributed by atoms with Crippen LogP contribution >= 0.6 is 24.0 Å². The average molecular weight is 527 g/mol. The number of fused-ring (bicyclic) bond motifs is 1. The van der Waals surface area contributed by atoms with Gasteiger partial charge in [-0.05, 0) is 35.7 Å². The quantitative estimate of drug-likeness (QED) is 0.214. The lowest BCUT2D eigenvalue weighted by molar-refractivity contribution is 0.0453. The zero-order valence-electron chi connectivity index (χ0n) is 17.5. The third-order valence-corrected chi connectivity index (χ3v) is 4.42. The monoisotopic (exact) mass is 527 g/mol. The molecule has 0 bridgehead atoms. The van der Waals surface area contributed by atoms with Gasteiger partial charge < -0.3 is 29.6 Å². The van der Waals surface area contributed by atoms with Gasteiger partial charge in [0.15, 0.2) is 17.5 Å². The summed E-state index contributed by atoms with van der Waals surface area (Å²) in [6, 6.07) is 14.3. The van der Waals surface area contributed by atoms with Crippen LogP contribution in [-0.2, 0) is 29.2 Å². The van der Waals surface area contributed by atoms with Crippen LogP contribution in [0.25, 0.3) is 0 Å². The van der Waals surface area contributed by atoms with E-state index in [2.05, 4.69) is 33.8 Å². The topological polar surface area (TPSA) is 73.3 Å². The first-order valence-corrected chi connectivity index (χ1v) is 9.85. The lowest BCUT2D eigenvalue weighted by atomic mass is 10.1. The van der Waals surface area contributed by atoms with Crippen molar-refractivity contribution in [3.63, 3.8) is 0 Å². The Morgan fingerprint density at radius 2 is 1.63 bits per heavy atom. The number of nitrogens with one attached hydrogen (secondary N) is 2. The molecule has 0 spiro atoms. The molecule has 1 aliphatic rings. The Hall–Kier alpha value is -2.04. The number of guanidine groups is 1. The summed E-state index contributed by atoms with van der Waals surface area (Å²) in [4.78, 5) is 4.29. The molecule has 8 heteroatoms. The van der Waals surface area contributed by atoms with Crippen molar-refractivity contribution in [3.8, 4) is 11.5 Å². The summed E-state index contributed by atoms with van der Waals surface area (Å²) in [5.74, 6) is 2.31. The zero-order chi connectivity index (χ0) is 20.3. The van der Waals surface area contributed by atoms with Crippen molar-refractivity contribution in [3.05, 3.63) is 59.2 Å². The number of nitrogens with zero attached hydrogens (tertiary/aromatic N) is 1. The Labute approximate surface area is 195 Å². The number of ether oxygens (including phenoxy) is 4. The number of benzene rings is 2. The Morgan fingerprint density at radius 3 is 2.40 bits per heavy atom. The lowest BCUT2D eigenvalue weighted by Crippen LogP contribution is -2.36. The molecule has 164 valence electrons. The maximum absolute atomic E-state index is 5.64. The van der Waals surface area contributed by atoms with Gasteiger partial charge in [-0.1, -0.05) is 30.3 Å². The van der Waals surface area contributed by atoms with Crippen LogP contribution in [0.3, 0.4) is 0 Å². The van der Waals surface area contributed by atoms with E-state index in [-0.39, 0.29) is 30.8 Å². The summed E-state index contributed by atoms with van der Waals surface area (Å²) in [6.07, 6.45) is 0. The molecular weight excluding hydrogens is 497 g/mol. The maximum atomic E-state index is 5.64. The fourth-order valence-electron chi connectivity index (χ4n) is 2.92. The summed E-state index contributed by atoms with van der Waals surface area (Å²) in [7, 11) is 1.76. The fourth-order valence-corrected chi connectivity index (χ4v) is 2.92. The molecule has 0 unspecified atom stereocenters. The van der Waals surface area contributed by atoms with Crippen molar-refractivity contribution in [1.82, 2.24) is 10.6 Å². The van der Waals surface area contributed by atoms with Gasteiger partial charge in [0.05, 0.1) is 19.8 Å². The normalized spacial score (nSPS) is 12.4. The van der Waals surface area contributed by atoms with E-state index in [0.29, 0.717) is 39.5 Å². The molecule has 2 aromatic rings. The highest BCUT2D eigenvalue weighted by molar-refractivity contribution is 14.0. The molecule has 0 aromatic heterocycles. The molecule has 2 N–H and O–H groups in total. The molecule has 0 amide bonds. The maximum Gasteiger partial charge on any atom is 0.231 e. The van der Waals surface area contributed by atoms with Gasteiger partial charge in [0.2, 0.25) is 6.79 Å². The van der Waals surface area contributed by atoms with Crippen LogP contribution in [0.2, 0.25) is 0 Å². The SMILES string of the molecule is CCOCCOCc1cccc(CNC(=NC)NCc2ccc3c(c2)OCO3)c1.I. The van der Waals surface area contributed by atoms with Gasteiger partial charge in [0, 0.05) is 26.7 Å². The minimum absolute atomic E-state index is 0. The van der Waals surface area contributed by atoms with Crippen molar-refractivity contribution in [2.24, 2.45) is 4.99 Å². The molecule has 0 fully saturated rings. The number of halogens is 1. The largest absolute Gasteiger partial charge is 0.454 e. The number of hydrogen-bond acceptors (Lipinski definition) is 5. The third kappa shape index (κ3) is 7.66. The van der Waals surface area contributed by atoms with Crippen LogP contribution in [0.5, 0.6) is 11.5 Å². The van der Waals surface area contributed by atoms with Crippen molar-refractivity contribution in [1.29, 1.82) is 0 Å². The van der Waals surface area contributed by atoms with Gasteiger partial charge in [-0.15, -0.1) is 24.0 Å². The Morgan fingerprint density at radius 1 is 0.933 bits per heavy atom. The standard InChI is InChI=1S/C22H29N3O4.HI/c1-3-26-9-10-27-15-19-6-4-5-17(11-19)13-24-22(23-2)25-14-18-7-8-20-21(12-18)29-16-28-20;/h4-8,11-12H,3,9-10,13-16H2,1-2H3,(H2,23,24,25);1H. The second kappa shape index (κ2) is 13.3. The van der Waals surface area contributed by atoms with Crippen LogP contribution in [0.4, 0.5) is 0 Å². The van der Waals surface area contributed by atoms with E-state index >= 15 is 0 Å². The van der Waals surface area contributed by atoms with Gasteiger partial charge in [0.25, 0.3) is 0 Å². The molecule has 1 heterocycles. The summed E-state index contributed by atoms with van der Waals surface area (Å²) in [5, 5.41) is 6.66. The highest BCUT2D eigenvalue weighted by Gasteiger charge is 2.13. The van der Waals surface area contributed by atoms with Gasteiger partial charge in [-0.3, -0.25) is 4.99 Å². The minimum Gasteiger partial charge on any atom is -0.454 e. The first kappa shape index (κ1) is 24.2. The van der Waals surface area contributed by atoms with E-state index < -0.39 is 0 Å². The van der Waals surface area contributed by atoms with Gasteiger partial charge in [-0.2, -0.15) is 0 Å². The molecule has 0 saturated carbocycles. The summed E-state index contributed by atoms with van der Waals surface area (Å²) in [5.41, 5.74) is 3.41. The Bertz CT molecular complexity index is 817. The predicted molar refractivity (Wildman–Crippen MR) is 128 cm³/mol. The molecule has 0 aliphatic carbocycles. The lowest BCUT2D eigenvalue weighted by Gasteiger charge is -2.13. The highest BCUT2D eigenvalue weighted by atomic mass is 127. The Balaban J connectivity index is 0.00000320. The molecule has 7 nitrogen and oxygen atoms in total. The van der Waals surface area contributed by atoms with E-state index in [1.54, 1.807) is 7.05 Å². The first-order chi connectivity index (χ1) is 14.3. The van der Waals surface area contributed by atoms with Crippen LogP contribution in [0.1, 0.15) is 23.6 Å². The van der Waals surface area contributed by atoms with Crippen molar-refractivity contribution < 1.29 is 18.9 Å². The summed E-state index contributed by atoms with van der Waals surface area (Å²) >= 11 is 0. The van der Waals surface area contributed by atoms with Gasteiger partial charge in [0.1, 0.15) is 0 Å². The second-order valence-electron chi connectivity index (χ2n) is 6.54. The zero-order valence-corrected chi connectivity index (χ0v) is 19.8. The molecule has 0 saturated heterocycles.